The zero-order valence-corrected chi connectivity index (χ0v) is 16.6. The molecule has 1 aromatic heterocycles. The molecule has 1 aromatic carbocycles. The number of amides is 1. The molecule has 1 atom stereocenters. The van der Waals surface area contributed by atoms with Gasteiger partial charge in [-0.3, -0.25) is 4.79 Å². The molecule has 0 spiro atoms. The van der Waals surface area contributed by atoms with E-state index in [9.17, 15) is 13.2 Å². The van der Waals surface area contributed by atoms with Gasteiger partial charge in [-0.2, -0.15) is 4.31 Å². The van der Waals surface area contributed by atoms with E-state index in [1.54, 1.807) is 35.6 Å². The van der Waals surface area contributed by atoms with Gasteiger partial charge < -0.3 is 5.32 Å². The lowest BCUT2D eigenvalue weighted by Crippen LogP contribution is -2.35. The highest BCUT2D eigenvalue weighted by molar-refractivity contribution is 7.89. The normalized spacial score (nSPS) is 19.8. The van der Waals surface area contributed by atoms with E-state index in [4.69, 9.17) is 0 Å². The van der Waals surface area contributed by atoms with Crippen molar-refractivity contribution in [2.45, 2.75) is 37.1 Å². The van der Waals surface area contributed by atoms with E-state index < -0.39 is 10.0 Å². The van der Waals surface area contributed by atoms with Crippen molar-refractivity contribution in [3.05, 3.63) is 58.3 Å². The number of carbonyl (C=O) groups excluding carboxylic acids is 1. The number of sulfonamides is 1. The van der Waals surface area contributed by atoms with Gasteiger partial charge in [0, 0.05) is 30.1 Å². The Morgan fingerprint density at radius 2 is 2.19 bits per heavy atom. The highest BCUT2D eigenvalue weighted by Crippen LogP contribution is 2.29. The van der Waals surface area contributed by atoms with Crippen molar-refractivity contribution in [3.63, 3.8) is 0 Å². The monoisotopic (exact) mass is 402 g/mol. The van der Waals surface area contributed by atoms with Gasteiger partial charge in [0.05, 0.1) is 4.90 Å². The van der Waals surface area contributed by atoms with E-state index in [1.807, 2.05) is 11.4 Å². The number of thiophene rings is 1. The van der Waals surface area contributed by atoms with Crippen molar-refractivity contribution in [2.24, 2.45) is 5.92 Å². The fourth-order valence-corrected chi connectivity index (χ4v) is 5.98. The molecule has 1 unspecified atom stereocenters. The van der Waals surface area contributed by atoms with Crippen LogP contribution in [-0.4, -0.2) is 25.2 Å². The fraction of sp³-hybridized carbons (Fsp3) is 0.350. The molecule has 27 heavy (non-hydrogen) atoms. The van der Waals surface area contributed by atoms with E-state index in [2.05, 4.69) is 17.5 Å². The van der Waals surface area contributed by atoms with Crippen LogP contribution in [0.2, 0.25) is 0 Å². The van der Waals surface area contributed by atoms with Crippen LogP contribution in [0.5, 0.6) is 0 Å². The van der Waals surface area contributed by atoms with Crippen LogP contribution < -0.4 is 5.32 Å². The van der Waals surface area contributed by atoms with Crippen molar-refractivity contribution in [2.75, 3.05) is 11.9 Å². The van der Waals surface area contributed by atoms with E-state index in [1.165, 1.54) is 9.18 Å². The Labute approximate surface area is 163 Å². The summed E-state index contributed by atoms with van der Waals surface area (Å²) in [6.45, 7) is 0.895. The van der Waals surface area contributed by atoms with Crippen LogP contribution in [0.25, 0.3) is 0 Å². The molecule has 0 bridgehead atoms. The van der Waals surface area contributed by atoms with Crippen LogP contribution in [0, 0.1) is 5.92 Å². The SMILES string of the molecule is O=C(CC1C=CCC1)Nc1cccc(S(=O)(=O)N2CCc3sccc3C2)c1. The van der Waals surface area contributed by atoms with Crippen LogP contribution in [0.1, 0.15) is 29.7 Å². The number of benzene rings is 1. The predicted molar refractivity (Wildman–Crippen MR) is 107 cm³/mol. The molecule has 1 amide bonds. The maximum absolute atomic E-state index is 13.0. The second kappa shape index (κ2) is 7.58. The maximum atomic E-state index is 13.0. The average Bonchev–Trinajstić information content (AvgIpc) is 3.32. The summed E-state index contributed by atoms with van der Waals surface area (Å²) < 4.78 is 27.6. The Morgan fingerprint density at radius 1 is 1.30 bits per heavy atom. The Hall–Kier alpha value is -1.96. The van der Waals surface area contributed by atoms with E-state index >= 15 is 0 Å². The summed E-state index contributed by atoms with van der Waals surface area (Å²) in [5.74, 6) is 0.201. The minimum Gasteiger partial charge on any atom is -0.326 e. The summed E-state index contributed by atoms with van der Waals surface area (Å²) in [6, 6.07) is 8.55. The second-order valence-electron chi connectivity index (χ2n) is 7.00. The molecule has 2 aliphatic rings. The zero-order chi connectivity index (χ0) is 18.9. The topological polar surface area (TPSA) is 66.5 Å². The van der Waals surface area contributed by atoms with Gasteiger partial charge in [-0.15, -0.1) is 11.3 Å². The summed E-state index contributed by atoms with van der Waals surface area (Å²) >= 11 is 1.68. The first-order valence-electron chi connectivity index (χ1n) is 9.14. The highest BCUT2D eigenvalue weighted by atomic mass is 32.2. The van der Waals surface area contributed by atoms with Crippen LogP contribution in [0.15, 0.2) is 52.8 Å². The predicted octanol–water partition coefficient (Wildman–Crippen LogP) is 3.79. The molecule has 142 valence electrons. The molecule has 0 radical (unpaired) electrons. The summed E-state index contributed by atoms with van der Waals surface area (Å²) in [5, 5.41) is 4.85. The summed E-state index contributed by atoms with van der Waals surface area (Å²) in [6.07, 6.45) is 7.38. The van der Waals surface area contributed by atoms with Crippen molar-refractivity contribution in [1.29, 1.82) is 0 Å². The third-order valence-electron chi connectivity index (χ3n) is 5.09. The van der Waals surface area contributed by atoms with Crippen molar-refractivity contribution in [3.8, 4) is 0 Å². The Balaban J connectivity index is 1.48. The second-order valence-corrected chi connectivity index (χ2v) is 9.94. The van der Waals surface area contributed by atoms with Crippen LogP contribution in [0.3, 0.4) is 0 Å². The first kappa shape index (κ1) is 18.4. The van der Waals surface area contributed by atoms with Gasteiger partial charge in [-0.1, -0.05) is 18.2 Å². The first-order chi connectivity index (χ1) is 13.0. The molecule has 2 aromatic rings. The van der Waals surface area contributed by atoms with E-state index in [0.717, 1.165) is 24.8 Å². The number of hydrogen-bond acceptors (Lipinski definition) is 4. The number of anilines is 1. The molecule has 4 rings (SSSR count). The molecule has 2 heterocycles. The van der Waals surface area contributed by atoms with E-state index in [0.29, 0.717) is 25.2 Å². The van der Waals surface area contributed by atoms with Gasteiger partial charge in [0.2, 0.25) is 15.9 Å². The van der Waals surface area contributed by atoms with Gasteiger partial charge in [0.15, 0.2) is 0 Å². The lowest BCUT2D eigenvalue weighted by atomic mass is 10.1. The van der Waals surface area contributed by atoms with Gasteiger partial charge in [0.25, 0.3) is 0 Å². The molecular formula is C20H22N2O3S2. The number of allylic oxidation sites excluding steroid dienone is 2. The number of nitrogens with one attached hydrogen (secondary N) is 1. The molecule has 1 N–H and O–H groups in total. The highest BCUT2D eigenvalue weighted by Gasteiger charge is 2.29. The smallest absolute Gasteiger partial charge is 0.243 e. The summed E-state index contributed by atoms with van der Waals surface area (Å²) in [7, 11) is -3.59. The van der Waals surface area contributed by atoms with Crippen LogP contribution >= 0.6 is 11.3 Å². The molecule has 1 aliphatic carbocycles. The Kier molecular flexibility index (Phi) is 5.16. The van der Waals surface area contributed by atoms with Gasteiger partial charge in [-0.05, 0) is 60.4 Å². The van der Waals surface area contributed by atoms with Gasteiger partial charge >= 0.3 is 0 Å². The number of fused-ring (bicyclic) bond motifs is 1. The molecule has 0 saturated heterocycles. The molecule has 5 nitrogen and oxygen atoms in total. The number of rotatable bonds is 5. The van der Waals surface area contributed by atoms with Crippen molar-refractivity contribution in [1.82, 2.24) is 4.31 Å². The average molecular weight is 403 g/mol. The van der Waals surface area contributed by atoms with Crippen LogP contribution in [0.4, 0.5) is 5.69 Å². The summed E-state index contributed by atoms with van der Waals surface area (Å²) in [5.41, 5.74) is 1.61. The van der Waals surface area contributed by atoms with E-state index in [-0.39, 0.29) is 16.7 Å². The largest absolute Gasteiger partial charge is 0.326 e. The maximum Gasteiger partial charge on any atom is 0.243 e. The Bertz CT molecular complexity index is 979. The van der Waals surface area contributed by atoms with Crippen LogP contribution in [-0.2, 0) is 27.8 Å². The Morgan fingerprint density at radius 3 is 3.00 bits per heavy atom. The third kappa shape index (κ3) is 4.00. The zero-order valence-electron chi connectivity index (χ0n) is 14.9. The molecule has 0 saturated carbocycles. The molecule has 7 heteroatoms. The van der Waals surface area contributed by atoms with Crippen molar-refractivity contribution >= 4 is 33.0 Å². The minimum atomic E-state index is -3.59. The standard InChI is InChI=1S/C20H22N2O3S2/c23-20(12-15-4-1-2-5-15)21-17-6-3-7-18(13-17)27(24,25)22-10-8-19-16(14-22)9-11-26-19/h1,3-4,6-7,9,11,13,15H,2,5,8,10,12,14H2,(H,21,23). The number of carbonyl (C=O) groups is 1. The lowest BCUT2D eigenvalue weighted by Gasteiger charge is -2.26. The third-order valence-corrected chi connectivity index (χ3v) is 7.95. The lowest BCUT2D eigenvalue weighted by molar-refractivity contribution is -0.116. The van der Waals surface area contributed by atoms with Gasteiger partial charge in [0.1, 0.15) is 0 Å². The van der Waals surface area contributed by atoms with Crippen molar-refractivity contribution < 1.29 is 13.2 Å². The molecule has 0 fully saturated rings. The number of nitrogens with zero attached hydrogens (tertiary/aromatic N) is 1. The molecular weight excluding hydrogens is 380 g/mol. The fourth-order valence-electron chi connectivity index (χ4n) is 3.63. The minimum absolute atomic E-state index is 0.0815. The number of hydrogen-bond donors (Lipinski definition) is 1. The first-order valence-corrected chi connectivity index (χ1v) is 11.5. The summed E-state index contributed by atoms with van der Waals surface area (Å²) in [4.78, 5) is 13.7. The quantitative estimate of drug-likeness (QED) is 0.774. The van der Waals surface area contributed by atoms with Gasteiger partial charge in [-0.25, -0.2) is 8.42 Å². The molecule has 1 aliphatic heterocycles.